The Balaban J connectivity index is 1.65. The lowest BCUT2D eigenvalue weighted by Gasteiger charge is -2.15. The fourth-order valence-corrected chi connectivity index (χ4v) is 3.54. The first-order chi connectivity index (χ1) is 16.3. The molecule has 0 atom stereocenters. The second-order valence-corrected chi connectivity index (χ2v) is 7.61. The standard InChI is InChI=1S/C25H22N4O5/c1-14-7-4-12-20(15(14)2)29-24(31)21(23(28-29)34-3)27-26-19-11-6-10-18(22(19)30)16-8-5-9-17(13-16)25(32)33/h4-13,26,30H,1-3H3,(H,32,33). The number of para-hydroxylation sites is 1. The van der Waals surface area contributed by atoms with Crippen LogP contribution in [-0.2, 0) is 9.53 Å². The third kappa shape index (κ3) is 4.06. The number of carboxylic acids is 1. The zero-order valence-electron chi connectivity index (χ0n) is 18.7. The molecule has 9 nitrogen and oxygen atoms in total. The molecular formula is C25H22N4O5. The first-order valence-electron chi connectivity index (χ1n) is 10.3. The molecule has 9 heteroatoms. The molecule has 0 fully saturated rings. The fourth-order valence-electron chi connectivity index (χ4n) is 3.54. The lowest BCUT2D eigenvalue weighted by molar-refractivity contribution is -0.112. The number of aromatic carboxylic acids is 1. The van der Waals surface area contributed by atoms with Gasteiger partial charge < -0.3 is 14.9 Å². The number of hydrazone groups is 2. The van der Waals surface area contributed by atoms with Crippen LogP contribution < -0.4 is 10.4 Å². The van der Waals surface area contributed by atoms with E-state index in [9.17, 15) is 19.8 Å². The summed E-state index contributed by atoms with van der Waals surface area (Å²) in [6.45, 7) is 3.84. The molecule has 0 saturated carbocycles. The molecular weight excluding hydrogens is 436 g/mol. The summed E-state index contributed by atoms with van der Waals surface area (Å²) in [5, 5.41) is 29.7. The Morgan fingerprint density at radius 3 is 2.56 bits per heavy atom. The number of rotatable bonds is 5. The number of anilines is 2. The maximum atomic E-state index is 13.1. The van der Waals surface area contributed by atoms with E-state index in [-0.39, 0.29) is 28.6 Å². The Hall–Kier alpha value is -4.66. The predicted molar refractivity (Wildman–Crippen MR) is 129 cm³/mol. The Kier molecular flexibility index (Phi) is 6.01. The molecule has 1 amide bonds. The molecule has 3 aromatic rings. The van der Waals surface area contributed by atoms with Crippen molar-refractivity contribution in [3.05, 3.63) is 77.4 Å². The lowest BCUT2D eigenvalue weighted by Crippen LogP contribution is -2.29. The number of benzene rings is 3. The SMILES string of the molecule is COC1=NN(c2cccc(C)c2C)C(=O)C1=NNc1cccc(-c2cccc(C(=O)O)c2)c1O. The number of hydrogen-bond acceptors (Lipinski definition) is 7. The topological polar surface area (TPSA) is 124 Å². The lowest BCUT2D eigenvalue weighted by atomic mass is 10.0. The van der Waals surface area contributed by atoms with Crippen LogP contribution >= 0.6 is 0 Å². The van der Waals surface area contributed by atoms with Crippen LogP contribution in [0.4, 0.5) is 11.4 Å². The first kappa shape index (κ1) is 22.5. The average molecular weight is 458 g/mol. The molecule has 0 unspecified atom stereocenters. The van der Waals surface area contributed by atoms with Gasteiger partial charge in [-0.05, 0) is 54.8 Å². The van der Waals surface area contributed by atoms with Gasteiger partial charge in [0, 0.05) is 5.56 Å². The maximum Gasteiger partial charge on any atom is 0.335 e. The van der Waals surface area contributed by atoms with Crippen molar-refractivity contribution in [2.75, 3.05) is 17.5 Å². The monoisotopic (exact) mass is 458 g/mol. The summed E-state index contributed by atoms with van der Waals surface area (Å²) < 4.78 is 5.26. The van der Waals surface area contributed by atoms with Crippen molar-refractivity contribution < 1.29 is 24.5 Å². The number of aryl methyl sites for hydroxylation is 1. The second kappa shape index (κ2) is 9.07. The van der Waals surface area contributed by atoms with Gasteiger partial charge in [-0.15, -0.1) is 5.10 Å². The van der Waals surface area contributed by atoms with Gasteiger partial charge in [-0.2, -0.15) is 10.1 Å². The van der Waals surface area contributed by atoms with Crippen molar-refractivity contribution in [3.63, 3.8) is 0 Å². The zero-order chi connectivity index (χ0) is 24.4. The van der Waals surface area contributed by atoms with Gasteiger partial charge in [0.15, 0.2) is 0 Å². The van der Waals surface area contributed by atoms with Gasteiger partial charge in [-0.3, -0.25) is 10.2 Å². The number of ether oxygens (including phenoxy) is 1. The summed E-state index contributed by atoms with van der Waals surface area (Å²) >= 11 is 0. The quantitative estimate of drug-likeness (QED) is 0.390. The largest absolute Gasteiger partial charge is 0.505 e. The minimum absolute atomic E-state index is 0.0307. The van der Waals surface area contributed by atoms with E-state index in [0.717, 1.165) is 11.1 Å². The smallest absolute Gasteiger partial charge is 0.335 e. The van der Waals surface area contributed by atoms with Gasteiger partial charge in [-0.25, -0.2) is 4.79 Å². The van der Waals surface area contributed by atoms with E-state index in [0.29, 0.717) is 16.8 Å². The van der Waals surface area contributed by atoms with E-state index in [1.54, 1.807) is 36.4 Å². The molecule has 0 aliphatic carbocycles. The van der Waals surface area contributed by atoms with Gasteiger partial charge in [0.25, 0.3) is 5.90 Å². The van der Waals surface area contributed by atoms with E-state index >= 15 is 0 Å². The number of carbonyl (C=O) groups excluding carboxylic acids is 1. The molecule has 0 radical (unpaired) electrons. The van der Waals surface area contributed by atoms with Crippen LogP contribution in [0.5, 0.6) is 5.75 Å². The number of phenols is 1. The molecule has 0 bridgehead atoms. The van der Waals surface area contributed by atoms with Crippen molar-refractivity contribution in [3.8, 4) is 16.9 Å². The van der Waals surface area contributed by atoms with Crippen molar-refractivity contribution >= 4 is 34.9 Å². The van der Waals surface area contributed by atoms with Gasteiger partial charge in [0.1, 0.15) is 5.75 Å². The van der Waals surface area contributed by atoms with Crippen LogP contribution in [0.1, 0.15) is 21.5 Å². The van der Waals surface area contributed by atoms with Gasteiger partial charge in [0.2, 0.25) is 5.71 Å². The van der Waals surface area contributed by atoms with Crippen LogP contribution in [-0.4, -0.2) is 40.8 Å². The Morgan fingerprint density at radius 2 is 1.82 bits per heavy atom. The zero-order valence-corrected chi connectivity index (χ0v) is 18.7. The highest BCUT2D eigenvalue weighted by atomic mass is 16.5. The number of nitrogens with zero attached hydrogens (tertiary/aromatic N) is 3. The van der Waals surface area contributed by atoms with Crippen molar-refractivity contribution in [1.29, 1.82) is 0 Å². The number of amides is 1. The van der Waals surface area contributed by atoms with Gasteiger partial charge in [-0.1, -0.05) is 36.4 Å². The van der Waals surface area contributed by atoms with Crippen LogP contribution in [0.2, 0.25) is 0 Å². The number of methoxy groups -OCH3 is 1. The highest BCUT2D eigenvalue weighted by molar-refractivity contribution is 6.70. The summed E-state index contributed by atoms with van der Waals surface area (Å²) in [6.07, 6.45) is 0. The molecule has 1 aliphatic heterocycles. The third-order valence-electron chi connectivity index (χ3n) is 5.53. The second-order valence-electron chi connectivity index (χ2n) is 7.61. The molecule has 172 valence electrons. The Bertz CT molecular complexity index is 1360. The molecule has 1 heterocycles. The van der Waals surface area contributed by atoms with Crippen molar-refractivity contribution in [1.82, 2.24) is 0 Å². The van der Waals surface area contributed by atoms with E-state index in [4.69, 9.17) is 4.74 Å². The Morgan fingerprint density at radius 1 is 1.09 bits per heavy atom. The van der Waals surface area contributed by atoms with Gasteiger partial charge in [0.05, 0.1) is 24.0 Å². The third-order valence-corrected chi connectivity index (χ3v) is 5.53. The number of aromatic hydroxyl groups is 1. The molecule has 34 heavy (non-hydrogen) atoms. The average Bonchev–Trinajstić information content (AvgIpc) is 3.15. The Labute approximate surface area is 195 Å². The van der Waals surface area contributed by atoms with Crippen molar-refractivity contribution in [2.45, 2.75) is 13.8 Å². The molecule has 3 N–H and O–H groups in total. The molecule has 0 saturated heterocycles. The van der Waals surface area contributed by atoms with E-state index < -0.39 is 11.9 Å². The number of hydrogen-bond donors (Lipinski definition) is 3. The summed E-state index contributed by atoms with van der Waals surface area (Å²) in [7, 11) is 1.39. The predicted octanol–water partition coefficient (Wildman–Crippen LogP) is 4.15. The molecule has 0 aromatic heterocycles. The minimum Gasteiger partial charge on any atom is -0.505 e. The van der Waals surface area contributed by atoms with Crippen LogP contribution in [0, 0.1) is 13.8 Å². The highest BCUT2D eigenvalue weighted by Crippen LogP contribution is 2.36. The molecule has 3 aromatic carbocycles. The van der Waals surface area contributed by atoms with E-state index in [1.165, 1.54) is 24.3 Å². The number of phenolic OH excluding ortho intramolecular Hbond substituents is 1. The molecule has 4 rings (SSSR count). The van der Waals surface area contributed by atoms with E-state index in [1.807, 2.05) is 26.0 Å². The van der Waals surface area contributed by atoms with Crippen LogP contribution in [0.3, 0.4) is 0 Å². The van der Waals surface area contributed by atoms with Gasteiger partial charge >= 0.3 is 11.9 Å². The van der Waals surface area contributed by atoms with E-state index in [2.05, 4.69) is 15.6 Å². The number of carbonyl (C=O) groups is 2. The van der Waals surface area contributed by atoms with Crippen LogP contribution in [0.15, 0.2) is 70.9 Å². The summed E-state index contributed by atoms with van der Waals surface area (Å²) in [5.74, 6) is -1.67. The van der Waals surface area contributed by atoms with Crippen LogP contribution in [0.25, 0.3) is 11.1 Å². The first-order valence-corrected chi connectivity index (χ1v) is 10.3. The summed E-state index contributed by atoms with van der Waals surface area (Å²) in [5.41, 5.74) is 6.43. The summed E-state index contributed by atoms with van der Waals surface area (Å²) in [6, 6.07) is 16.7. The highest BCUT2D eigenvalue weighted by Gasteiger charge is 2.35. The number of carboxylic acid groups (broad SMARTS) is 1. The number of nitrogens with one attached hydrogen (secondary N) is 1. The summed E-state index contributed by atoms with van der Waals surface area (Å²) in [4.78, 5) is 24.4. The normalized spacial score (nSPS) is 14.3. The minimum atomic E-state index is -1.07. The molecule has 0 spiro atoms. The maximum absolute atomic E-state index is 13.1. The van der Waals surface area contributed by atoms with Crippen molar-refractivity contribution in [2.24, 2.45) is 10.2 Å². The fraction of sp³-hybridized carbons (Fsp3) is 0.120. The molecule has 1 aliphatic rings.